The van der Waals surface area contributed by atoms with Crippen LogP contribution in [0.3, 0.4) is 0 Å². The van der Waals surface area contributed by atoms with Crippen LogP contribution < -0.4 is 20.5 Å². The maximum Gasteiger partial charge on any atom is 0.340 e. The van der Waals surface area contributed by atoms with Crippen molar-refractivity contribution in [2.45, 2.75) is 0 Å². The van der Waals surface area contributed by atoms with E-state index in [2.05, 4.69) is 5.32 Å². The lowest BCUT2D eigenvalue weighted by atomic mass is 10.2. The molecule has 1 heterocycles. The highest BCUT2D eigenvalue weighted by Gasteiger charge is 2.15. The number of carbonyl (C=O) groups excluding carboxylic acids is 2. The molecule has 0 spiro atoms. The third kappa shape index (κ3) is 4.13. The van der Waals surface area contributed by atoms with Crippen molar-refractivity contribution < 1.29 is 23.8 Å². The zero-order chi connectivity index (χ0) is 17.8. The number of nitrogens with one attached hydrogen (secondary N) is 1. The molecule has 0 atom stereocenters. The van der Waals surface area contributed by atoms with Crippen LogP contribution in [0.4, 0.5) is 11.4 Å². The van der Waals surface area contributed by atoms with Crippen LogP contribution in [-0.4, -0.2) is 31.7 Å². The Hall–Kier alpha value is -2.93. The molecule has 0 aromatic heterocycles. The first-order valence-corrected chi connectivity index (χ1v) is 7.82. The third-order valence-electron chi connectivity index (χ3n) is 3.39. The average molecular weight is 363 g/mol. The summed E-state index contributed by atoms with van der Waals surface area (Å²) in [5.74, 6) is -0.0204. The number of anilines is 2. The number of esters is 1. The van der Waals surface area contributed by atoms with Gasteiger partial charge in [-0.05, 0) is 30.3 Å². The lowest BCUT2D eigenvalue weighted by molar-refractivity contribution is -0.119. The minimum atomic E-state index is -0.702. The smallest absolute Gasteiger partial charge is 0.340 e. The van der Waals surface area contributed by atoms with Gasteiger partial charge in [0.05, 0.1) is 5.56 Å². The predicted molar refractivity (Wildman–Crippen MR) is 92.2 cm³/mol. The van der Waals surface area contributed by atoms with Gasteiger partial charge in [-0.25, -0.2) is 4.79 Å². The number of benzene rings is 2. The Labute approximate surface area is 148 Å². The molecule has 0 radical (unpaired) electrons. The topological polar surface area (TPSA) is 99.9 Å². The first-order chi connectivity index (χ1) is 12.0. The summed E-state index contributed by atoms with van der Waals surface area (Å²) >= 11 is 5.77. The van der Waals surface area contributed by atoms with Crippen LogP contribution in [0.5, 0.6) is 11.5 Å². The Bertz CT molecular complexity index is 825. The van der Waals surface area contributed by atoms with Gasteiger partial charge in [-0.1, -0.05) is 11.6 Å². The number of nitrogens with two attached hydrogens (primary N) is 1. The molecule has 3 rings (SSSR count). The molecular formula is C17H15ClN2O5. The summed E-state index contributed by atoms with van der Waals surface area (Å²) in [6.07, 6.45) is 0. The van der Waals surface area contributed by atoms with E-state index in [0.29, 0.717) is 35.4 Å². The molecule has 2 aromatic rings. The van der Waals surface area contributed by atoms with Crippen molar-refractivity contribution in [1.82, 2.24) is 0 Å². The Morgan fingerprint density at radius 2 is 1.88 bits per heavy atom. The minimum absolute atomic E-state index is 0.150. The lowest BCUT2D eigenvalue weighted by Gasteiger charge is -2.19. The second-order valence-electron chi connectivity index (χ2n) is 5.21. The molecule has 0 bridgehead atoms. The zero-order valence-electron chi connectivity index (χ0n) is 13.1. The molecule has 0 unspecified atom stereocenters. The first-order valence-electron chi connectivity index (χ1n) is 7.44. The number of hydrogen-bond donors (Lipinski definition) is 2. The zero-order valence-corrected chi connectivity index (χ0v) is 13.8. The molecule has 25 heavy (non-hydrogen) atoms. The SMILES string of the molecule is Nc1cc(Cl)ccc1C(=O)OCC(=O)Nc1ccc2c(c1)OCCO2. The molecule has 2 aromatic carbocycles. The first kappa shape index (κ1) is 16.9. The Morgan fingerprint density at radius 3 is 2.64 bits per heavy atom. The van der Waals surface area contributed by atoms with E-state index in [4.69, 9.17) is 31.5 Å². The van der Waals surface area contributed by atoms with Crippen molar-refractivity contribution in [3.05, 3.63) is 47.0 Å². The van der Waals surface area contributed by atoms with Crippen molar-refractivity contribution in [1.29, 1.82) is 0 Å². The van der Waals surface area contributed by atoms with Gasteiger partial charge in [-0.15, -0.1) is 0 Å². The van der Waals surface area contributed by atoms with Crippen LogP contribution in [0.15, 0.2) is 36.4 Å². The largest absolute Gasteiger partial charge is 0.486 e. The number of amides is 1. The standard InChI is InChI=1S/C17H15ClN2O5/c18-10-1-3-12(13(19)7-10)17(22)25-9-16(21)20-11-2-4-14-15(8-11)24-6-5-23-14/h1-4,7-8H,5-6,9,19H2,(H,20,21). The van der Waals surface area contributed by atoms with Gasteiger partial charge in [0.25, 0.3) is 5.91 Å². The quantitative estimate of drug-likeness (QED) is 0.640. The maximum atomic E-state index is 12.0. The number of carbonyl (C=O) groups is 2. The van der Waals surface area contributed by atoms with Crippen LogP contribution in [0.25, 0.3) is 0 Å². The second-order valence-corrected chi connectivity index (χ2v) is 5.65. The van der Waals surface area contributed by atoms with Crippen LogP contribution in [0.2, 0.25) is 5.02 Å². The molecule has 1 amide bonds. The van der Waals surface area contributed by atoms with Crippen molar-refractivity contribution in [3.63, 3.8) is 0 Å². The van der Waals surface area contributed by atoms with E-state index in [9.17, 15) is 9.59 Å². The Morgan fingerprint density at radius 1 is 1.12 bits per heavy atom. The van der Waals surface area contributed by atoms with Crippen LogP contribution in [0, 0.1) is 0 Å². The molecular weight excluding hydrogens is 348 g/mol. The van der Waals surface area contributed by atoms with Crippen LogP contribution in [0.1, 0.15) is 10.4 Å². The molecule has 8 heteroatoms. The van der Waals surface area contributed by atoms with E-state index in [-0.39, 0.29) is 11.3 Å². The monoisotopic (exact) mass is 362 g/mol. The molecule has 0 saturated heterocycles. The van der Waals surface area contributed by atoms with Gasteiger partial charge in [0.1, 0.15) is 13.2 Å². The van der Waals surface area contributed by atoms with E-state index < -0.39 is 18.5 Å². The summed E-state index contributed by atoms with van der Waals surface area (Å²) in [6, 6.07) is 9.41. The van der Waals surface area contributed by atoms with Gasteiger partial charge in [0, 0.05) is 22.5 Å². The highest BCUT2D eigenvalue weighted by molar-refractivity contribution is 6.31. The highest BCUT2D eigenvalue weighted by atomic mass is 35.5. The van der Waals surface area contributed by atoms with Crippen LogP contribution >= 0.6 is 11.6 Å². The van der Waals surface area contributed by atoms with Gasteiger partial charge in [0.15, 0.2) is 18.1 Å². The van der Waals surface area contributed by atoms with E-state index in [1.54, 1.807) is 18.2 Å². The van der Waals surface area contributed by atoms with Gasteiger partial charge >= 0.3 is 5.97 Å². The summed E-state index contributed by atoms with van der Waals surface area (Å²) in [4.78, 5) is 23.9. The Kier molecular flexibility index (Phi) is 4.95. The molecule has 0 fully saturated rings. The molecule has 3 N–H and O–H groups in total. The fraction of sp³-hybridized carbons (Fsp3) is 0.176. The molecule has 1 aliphatic heterocycles. The number of halogens is 1. The van der Waals surface area contributed by atoms with E-state index >= 15 is 0 Å². The number of fused-ring (bicyclic) bond motifs is 1. The summed E-state index contributed by atoms with van der Waals surface area (Å²) < 4.78 is 15.8. The molecule has 7 nitrogen and oxygen atoms in total. The second kappa shape index (κ2) is 7.31. The lowest BCUT2D eigenvalue weighted by Crippen LogP contribution is -2.21. The summed E-state index contributed by atoms with van der Waals surface area (Å²) in [6.45, 7) is 0.488. The number of hydrogen-bond acceptors (Lipinski definition) is 6. The average Bonchev–Trinajstić information content (AvgIpc) is 2.59. The van der Waals surface area contributed by atoms with Gasteiger partial charge < -0.3 is 25.3 Å². The van der Waals surface area contributed by atoms with Crippen molar-refractivity contribution in [3.8, 4) is 11.5 Å². The van der Waals surface area contributed by atoms with E-state index in [1.165, 1.54) is 18.2 Å². The van der Waals surface area contributed by atoms with Gasteiger partial charge in [-0.3, -0.25) is 4.79 Å². The molecule has 0 aliphatic carbocycles. The predicted octanol–water partition coefficient (Wildman–Crippen LogP) is 2.49. The fourth-order valence-corrected chi connectivity index (χ4v) is 2.43. The van der Waals surface area contributed by atoms with Gasteiger partial charge in [0.2, 0.25) is 0 Å². The summed E-state index contributed by atoms with van der Waals surface area (Å²) in [7, 11) is 0. The number of ether oxygens (including phenoxy) is 3. The maximum absolute atomic E-state index is 12.0. The van der Waals surface area contributed by atoms with Crippen LogP contribution in [-0.2, 0) is 9.53 Å². The molecule has 0 saturated carbocycles. The fourth-order valence-electron chi connectivity index (χ4n) is 2.25. The van der Waals surface area contributed by atoms with E-state index in [0.717, 1.165) is 0 Å². The van der Waals surface area contributed by atoms with Crippen molar-refractivity contribution in [2.75, 3.05) is 30.9 Å². The van der Waals surface area contributed by atoms with E-state index in [1.807, 2.05) is 0 Å². The third-order valence-corrected chi connectivity index (χ3v) is 3.63. The van der Waals surface area contributed by atoms with Gasteiger partial charge in [-0.2, -0.15) is 0 Å². The number of rotatable bonds is 4. The minimum Gasteiger partial charge on any atom is -0.486 e. The Balaban J connectivity index is 1.56. The summed E-state index contributed by atoms with van der Waals surface area (Å²) in [5, 5.41) is 3.03. The highest BCUT2D eigenvalue weighted by Crippen LogP contribution is 2.32. The number of nitrogen functional groups attached to an aromatic ring is 1. The molecule has 1 aliphatic rings. The molecule has 130 valence electrons. The summed E-state index contributed by atoms with van der Waals surface area (Å²) in [5.41, 5.74) is 6.55. The van der Waals surface area contributed by atoms with Crippen molar-refractivity contribution >= 4 is 34.9 Å². The normalized spacial score (nSPS) is 12.4. The van der Waals surface area contributed by atoms with Crippen molar-refractivity contribution in [2.24, 2.45) is 0 Å².